The lowest BCUT2D eigenvalue weighted by Gasteiger charge is -2.24. The number of halogens is 2. The fourth-order valence-corrected chi connectivity index (χ4v) is 4.33. The van der Waals surface area contributed by atoms with Gasteiger partial charge in [0.25, 0.3) is 0 Å². The van der Waals surface area contributed by atoms with Crippen molar-refractivity contribution in [3.8, 4) is 0 Å². The Labute approximate surface area is 198 Å². The zero-order chi connectivity index (χ0) is 24.2. The molecule has 1 aliphatic heterocycles. The fourth-order valence-electron chi connectivity index (χ4n) is 4.33. The van der Waals surface area contributed by atoms with E-state index < -0.39 is 24.1 Å². The molecule has 0 bridgehead atoms. The number of nitrogens with zero attached hydrogens (tertiary/aromatic N) is 6. The zero-order valence-electron chi connectivity index (χ0n) is 18.9. The lowest BCUT2D eigenvalue weighted by Crippen LogP contribution is -2.40. The van der Waals surface area contributed by atoms with Crippen molar-refractivity contribution in [2.24, 2.45) is 0 Å². The molecule has 1 aliphatic carbocycles. The first-order chi connectivity index (χ1) is 16.9. The number of anilines is 4. The first kappa shape index (κ1) is 21.4. The van der Waals surface area contributed by atoms with Crippen LogP contribution < -0.4 is 15.5 Å². The van der Waals surface area contributed by atoms with Crippen LogP contribution in [0.3, 0.4) is 0 Å². The fraction of sp³-hybridized carbons (Fsp3) is 0.348. The molecule has 0 aromatic carbocycles. The predicted octanol–water partition coefficient (Wildman–Crippen LogP) is 3.34. The van der Waals surface area contributed by atoms with Crippen molar-refractivity contribution in [3.05, 3.63) is 54.4 Å². The van der Waals surface area contributed by atoms with Crippen LogP contribution in [0.15, 0.2) is 42.7 Å². The third-order valence-electron chi connectivity index (χ3n) is 6.65. The topological polar surface area (TPSA) is 116 Å². The van der Waals surface area contributed by atoms with Gasteiger partial charge in [-0.1, -0.05) is 6.92 Å². The maximum atomic E-state index is 14.5. The number of H-pyrrole nitrogens is 1. The molecule has 3 N–H and O–H groups in total. The summed E-state index contributed by atoms with van der Waals surface area (Å²) in [7, 11) is 0. The third kappa shape index (κ3) is 4.04. The second-order valence-electron chi connectivity index (χ2n) is 9.30. The van der Waals surface area contributed by atoms with Crippen molar-refractivity contribution in [2.45, 2.75) is 43.8 Å². The molecule has 2 fully saturated rings. The number of aromatic nitrogens is 6. The molecule has 12 heteroatoms. The van der Waals surface area contributed by atoms with Gasteiger partial charge < -0.3 is 15.5 Å². The van der Waals surface area contributed by atoms with Gasteiger partial charge in [-0.2, -0.15) is 19.5 Å². The average Bonchev–Trinajstić information content (AvgIpc) is 3.23. The molecule has 1 saturated carbocycles. The van der Waals surface area contributed by atoms with Crippen molar-refractivity contribution in [1.82, 2.24) is 29.5 Å². The van der Waals surface area contributed by atoms with Crippen molar-refractivity contribution in [2.75, 3.05) is 22.1 Å². The highest BCUT2D eigenvalue weighted by atomic mass is 19.1. The number of pyridine rings is 1. The SMILES string of the molecule is CC1(c2cc(Nc3nc(N4C[C@H](F)C[C@H]4C(=O)Nc4ccc(F)nc4)nc4cccn34)n[nH]2)CC1. The van der Waals surface area contributed by atoms with Crippen LogP contribution in [0.1, 0.15) is 31.9 Å². The molecule has 35 heavy (non-hydrogen) atoms. The zero-order valence-corrected chi connectivity index (χ0v) is 18.9. The molecular formula is C23H23F2N9O. The van der Waals surface area contributed by atoms with E-state index in [0.29, 0.717) is 23.1 Å². The Morgan fingerprint density at radius 3 is 2.89 bits per heavy atom. The molecule has 2 aliphatic rings. The van der Waals surface area contributed by atoms with Crippen LogP contribution in [-0.4, -0.2) is 54.2 Å². The second-order valence-corrected chi connectivity index (χ2v) is 9.30. The molecule has 6 rings (SSSR count). The molecule has 1 amide bonds. The van der Waals surface area contributed by atoms with Crippen LogP contribution in [-0.2, 0) is 10.2 Å². The summed E-state index contributed by atoms with van der Waals surface area (Å²) in [5.74, 6) is 0.176. The van der Waals surface area contributed by atoms with Gasteiger partial charge >= 0.3 is 0 Å². The Kier molecular flexibility index (Phi) is 4.90. The molecule has 0 unspecified atom stereocenters. The average molecular weight is 479 g/mol. The van der Waals surface area contributed by atoms with Gasteiger partial charge in [-0.05, 0) is 37.1 Å². The van der Waals surface area contributed by atoms with Crippen molar-refractivity contribution in [1.29, 1.82) is 0 Å². The molecule has 0 spiro atoms. The molecule has 180 valence electrons. The number of carbonyl (C=O) groups is 1. The lowest BCUT2D eigenvalue weighted by molar-refractivity contribution is -0.117. The minimum atomic E-state index is -1.23. The van der Waals surface area contributed by atoms with Crippen LogP contribution in [0.2, 0.25) is 0 Å². The highest BCUT2D eigenvalue weighted by Crippen LogP contribution is 2.47. The van der Waals surface area contributed by atoms with E-state index in [9.17, 15) is 13.6 Å². The van der Waals surface area contributed by atoms with Gasteiger partial charge in [0.1, 0.15) is 17.9 Å². The molecule has 0 radical (unpaired) electrons. The number of hydrogen-bond donors (Lipinski definition) is 3. The first-order valence-electron chi connectivity index (χ1n) is 11.4. The number of rotatable bonds is 6. The van der Waals surface area contributed by atoms with E-state index in [1.165, 1.54) is 12.3 Å². The van der Waals surface area contributed by atoms with E-state index in [2.05, 4.69) is 42.7 Å². The normalized spacial score (nSPS) is 20.8. The van der Waals surface area contributed by atoms with Gasteiger partial charge in [0.2, 0.25) is 23.8 Å². The van der Waals surface area contributed by atoms with E-state index in [1.807, 2.05) is 18.3 Å². The Morgan fingerprint density at radius 2 is 2.11 bits per heavy atom. The maximum Gasteiger partial charge on any atom is 0.247 e. The maximum absolute atomic E-state index is 14.5. The van der Waals surface area contributed by atoms with Crippen molar-refractivity contribution in [3.63, 3.8) is 0 Å². The highest BCUT2D eigenvalue weighted by molar-refractivity contribution is 5.97. The van der Waals surface area contributed by atoms with Crippen molar-refractivity contribution < 1.29 is 13.6 Å². The van der Waals surface area contributed by atoms with Gasteiger partial charge in [0.05, 0.1) is 18.4 Å². The quantitative estimate of drug-likeness (QED) is 0.363. The Balaban J connectivity index is 1.29. The van der Waals surface area contributed by atoms with Crippen LogP contribution in [0.4, 0.5) is 32.2 Å². The number of fused-ring (bicyclic) bond motifs is 1. The number of amides is 1. The minimum absolute atomic E-state index is 0.0138. The lowest BCUT2D eigenvalue weighted by atomic mass is 10.1. The largest absolute Gasteiger partial charge is 0.326 e. The third-order valence-corrected chi connectivity index (χ3v) is 6.65. The smallest absolute Gasteiger partial charge is 0.247 e. The summed E-state index contributed by atoms with van der Waals surface area (Å²) < 4.78 is 29.4. The minimum Gasteiger partial charge on any atom is -0.326 e. The molecule has 4 aromatic rings. The van der Waals surface area contributed by atoms with Gasteiger partial charge in [-0.25, -0.2) is 9.37 Å². The molecule has 4 aromatic heterocycles. The summed E-state index contributed by atoms with van der Waals surface area (Å²) in [5.41, 5.74) is 2.11. The summed E-state index contributed by atoms with van der Waals surface area (Å²) in [6.45, 7) is 2.16. The summed E-state index contributed by atoms with van der Waals surface area (Å²) in [6, 6.07) is 7.30. The summed E-state index contributed by atoms with van der Waals surface area (Å²) >= 11 is 0. The van der Waals surface area contributed by atoms with Gasteiger partial charge in [0, 0.05) is 29.8 Å². The van der Waals surface area contributed by atoms with Crippen LogP contribution in [0, 0.1) is 5.95 Å². The Morgan fingerprint density at radius 1 is 1.26 bits per heavy atom. The Bertz CT molecular complexity index is 1400. The van der Waals surface area contributed by atoms with Gasteiger partial charge in [-0.3, -0.25) is 14.3 Å². The van der Waals surface area contributed by atoms with E-state index in [1.54, 1.807) is 15.4 Å². The number of nitrogens with one attached hydrogen (secondary N) is 3. The number of alkyl halides is 1. The Hall–Kier alpha value is -4.09. The first-order valence-corrected chi connectivity index (χ1v) is 11.4. The highest BCUT2D eigenvalue weighted by Gasteiger charge is 2.41. The monoisotopic (exact) mass is 479 g/mol. The van der Waals surface area contributed by atoms with Crippen LogP contribution >= 0.6 is 0 Å². The molecule has 10 nitrogen and oxygen atoms in total. The van der Waals surface area contributed by atoms with Gasteiger partial charge in [-0.15, -0.1) is 0 Å². The molecular weight excluding hydrogens is 456 g/mol. The van der Waals surface area contributed by atoms with Crippen molar-refractivity contribution >= 4 is 35.0 Å². The summed E-state index contributed by atoms with van der Waals surface area (Å²) in [5, 5.41) is 13.3. The van der Waals surface area contributed by atoms with E-state index in [-0.39, 0.29) is 24.3 Å². The van der Waals surface area contributed by atoms with Gasteiger partial charge in [0.15, 0.2) is 5.82 Å². The van der Waals surface area contributed by atoms with E-state index in [0.717, 1.165) is 24.6 Å². The second kappa shape index (κ2) is 8.00. The molecule has 5 heterocycles. The predicted molar refractivity (Wildman–Crippen MR) is 125 cm³/mol. The molecule has 1 saturated heterocycles. The summed E-state index contributed by atoms with van der Waals surface area (Å²) in [4.78, 5) is 27.3. The van der Waals surface area contributed by atoms with E-state index in [4.69, 9.17) is 0 Å². The number of aromatic amines is 1. The number of hydrogen-bond acceptors (Lipinski definition) is 7. The standard InChI is InChI=1S/C23H23F2N9O/c1-23(6-7-23)16-10-18(32-31-16)28-21-30-22(29-19-3-2-8-33(19)21)34-12-13(24)9-15(34)20(35)27-14-4-5-17(25)26-11-14/h2-5,8,10-11,13,15H,6-7,9,12H2,1H3,(H,27,35)(H2,28,29,30,31,32)/t13-,15+/m1/s1. The van der Waals surface area contributed by atoms with Crippen LogP contribution in [0.25, 0.3) is 5.65 Å². The van der Waals surface area contributed by atoms with Crippen LogP contribution in [0.5, 0.6) is 0 Å². The number of carbonyl (C=O) groups excluding carboxylic acids is 1. The molecule has 2 atom stereocenters. The summed E-state index contributed by atoms with van der Waals surface area (Å²) in [6.07, 6.45) is 4.01. The van der Waals surface area contributed by atoms with E-state index >= 15 is 0 Å².